The summed E-state index contributed by atoms with van der Waals surface area (Å²) in [5, 5.41) is 4.83. The van der Waals surface area contributed by atoms with Gasteiger partial charge in [-0.25, -0.2) is 19.6 Å². The smallest absolute Gasteiger partial charge is 0.408 e. The second-order valence-corrected chi connectivity index (χ2v) is 11.7. The fraction of sp³-hybridized carbons (Fsp3) is 0.533. The number of hydrogen-bond donors (Lipinski definition) is 1. The molecule has 1 aromatic rings. The van der Waals surface area contributed by atoms with Gasteiger partial charge < -0.3 is 19.5 Å². The van der Waals surface area contributed by atoms with E-state index in [2.05, 4.69) is 18.5 Å². The molecule has 2 atom stereocenters. The van der Waals surface area contributed by atoms with Crippen LogP contribution in [0.5, 0.6) is 5.75 Å². The maximum Gasteiger partial charge on any atom is 0.408 e. The second-order valence-electron chi connectivity index (χ2n) is 10.6. The van der Waals surface area contributed by atoms with Gasteiger partial charge in [0.15, 0.2) is 6.04 Å². The summed E-state index contributed by atoms with van der Waals surface area (Å²) >= 11 is 1.37. The molecule has 1 N–H and O–H groups in total. The normalized spacial score (nSPS) is 12.5. The van der Waals surface area contributed by atoms with Gasteiger partial charge in [-0.05, 0) is 64.3 Å². The number of hydrogen-bond acceptors (Lipinski definition) is 8. The molecule has 11 heteroatoms. The van der Waals surface area contributed by atoms with E-state index in [4.69, 9.17) is 14.2 Å². The number of carbonyl (C=O) groups excluding carboxylic acids is 4. The number of hydrazine groups is 1. The van der Waals surface area contributed by atoms with Crippen molar-refractivity contribution >= 4 is 41.3 Å². The maximum absolute atomic E-state index is 14.1. The zero-order chi connectivity index (χ0) is 31.2. The largest absolute Gasteiger partial charge is 0.490 e. The van der Waals surface area contributed by atoms with Crippen LogP contribution in [0.4, 0.5) is 10.5 Å². The van der Waals surface area contributed by atoms with Crippen LogP contribution in [-0.2, 0) is 23.9 Å². The van der Waals surface area contributed by atoms with Gasteiger partial charge in [0.2, 0.25) is 5.91 Å². The van der Waals surface area contributed by atoms with E-state index >= 15 is 0 Å². The van der Waals surface area contributed by atoms with Crippen molar-refractivity contribution in [3.05, 3.63) is 49.6 Å². The van der Waals surface area contributed by atoms with E-state index in [1.54, 1.807) is 57.2 Å². The first-order valence-electron chi connectivity index (χ1n) is 13.5. The predicted molar refractivity (Wildman–Crippen MR) is 163 cm³/mol. The number of benzene rings is 1. The third-order valence-electron chi connectivity index (χ3n) is 5.45. The van der Waals surface area contributed by atoms with Crippen LogP contribution in [0.2, 0.25) is 0 Å². The summed E-state index contributed by atoms with van der Waals surface area (Å²) in [6.07, 6.45) is 3.10. The van der Waals surface area contributed by atoms with E-state index in [0.29, 0.717) is 23.6 Å². The molecule has 3 amide bonds. The zero-order valence-electron chi connectivity index (χ0n) is 25.3. The summed E-state index contributed by atoms with van der Waals surface area (Å²) in [6.45, 7) is 18.2. The topological polar surface area (TPSA) is 114 Å². The van der Waals surface area contributed by atoms with Gasteiger partial charge in [0.1, 0.15) is 24.0 Å². The molecular formula is C30H45N3O7S. The number of thioether (sulfide) groups is 1. The minimum Gasteiger partial charge on any atom is -0.490 e. The van der Waals surface area contributed by atoms with Crippen LogP contribution in [0.3, 0.4) is 0 Å². The number of rotatable bonds is 15. The van der Waals surface area contributed by atoms with Gasteiger partial charge in [0, 0.05) is 17.9 Å². The summed E-state index contributed by atoms with van der Waals surface area (Å²) in [6, 6.07) is 4.22. The van der Waals surface area contributed by atoms with Gasteiger partial charge in [0.05, 0.1) is 12.8 Å². The highest BCUT2D eigenvalue weighted by Gasteiger charge is 2.40. The standard InChI is InChI=1S/C30H45N3O7S/c1-10-18-39-24-15-13-23(14-16-24)32(27(35)22(5)31-29(37)40-30(6,7)8)33(26(34)17-12-21(3)4)25(28(36)38-9)20-41-19-11-2/h10-11,13-16,21-22,25H,1-2,12,17-20H2,3-9H3,(H,31,37)/t22?,25-/m1/s1. The summed E-state index contributed by atoms with van der Waals surface area (Å²) in [5.74, 6) is -0.410. The molecule has 1 unspecified atom stereocenters. The number of alkyl carbamates (subject to hydrolysis) is 1. The lowest BCUT2D eigenvalue weighted by atomic mass is 10.1. The molecule has 0 aliphatic heterocycles. The number of methoxy groups -OCH3 is 1. The molecule has 0 fully saturated rings. The Labute approximate surface area is 248 Å². The average molecular weight is 592 g/mol. The van der Waals surface area contributed by atoms with Gasteiger partial charge in [-0.1, -0.05) is 32.6 Å². The van der Waals surface area contributed by atoms with Crippen molar-refractivity contribution in [2.45, 2.75) is 72.1 Å². The summed E-state index contributed by atoms with van der Waals surface area (Å²) in [5.41, 5.74) is -0.496. The molecule has 228 valence electrons. The lowest BCUT2D eigenvalue weighted by Gasteiger charge is -2.40. The van der Waals surface area contributed by atoms with Crippen LogP contribution in [0.25, 0.3) is 0 Å². The van der Waals surface area contributed by atoms with Crippen LogP contribution in [0.1, 0.15) is 54.4 Å². The van der Waals surface area contributed by atoms with Crippen molar-refractivity contribution in [3.8, 4) is 5.75 Å². The molecule has 0 aromatic heterocycles. The Morgan fingerprint density at radius 3 is 2.20 bits per heavy atom. The van der Waals surface area contributed by atoms with Crippen LogP contribution >= 0.6 is 11.8 Å². The number of ether oxygens (including phenoxy) is 3. The zero-order valence-corrected chi connectivity index (χ0v) is 26.1. The quantitative estimate of drug-likeness (QED) is 0.129. The van der Waals surface area contributed by atoms with E-state index in [9.17, 15) is 19.2 Å². The van der Waals surface area contributed by atoms with E-state index in [0.717, 1.165) is 10.0 Å². The molecule has 0 aliphatic carbocycles. The van der Waals surface area contributed by atoms with Gasteiger partial charge in [-0.2, -0.15) is 11.8 Å². The molecule has 10 nitrogen and oxygen atoms in total. The van der Waals surface area contributed by atoms with E-state index in [1.807, 2.05) is 13.8 Å². The number of amides is 3. The van der Waals surface area contributed by atoms with Gasteiger partial charge in [0.25, 0.3) is 5.91 Å². The molecular weight excluding hydrogens is 546 g/mol. The molecule has 1 rings (SSSR count). The van der Waals surface area contributed by atoms with Crippen molar-refractivity contribution in [2.75, 3.05) is 30.2 Å². The SMILES string of the molecule is C=CCOc1ccc(N(C(=O)C(C)NC(=O)OC(C)(C)C)N(C(=O)CCC(C)C)[C@H](CSCC=C)C(=O)OC)cc1. The molecule has 1 aromatic carbocycles. The monoisotopic (exact) mass is 591 g/mol. The number of anilines is 1. The lowest BCUT2D eigenvalue weighted by molar-refractivity contribution is -0.154. The molecule has 0 heterocycles. The van der Waals surface area contributed by atoms with Gasteiger partial charge in [-0.15, -0.1) is 6.58 Å². The molecule has 41 heavy (non-hydrogen) atoms. The molecule has 0 saturated heterocycles. The number of nitrogens with zero attached hydrogens (tertiary/aromatic N) is 2. The second kappa shape index (κ2) is 17.4. The van der Waals surface area contributed by atoms with Crippen molar-refractivity contribution in [3.63, 3.8) is 0 Å². The Morgan fingerprint density at radius 1 is 1.05 bits per heavy atom. The fourth-order valence-electron chi connectivity index (χ4n) is 3.52. The Bertz CT molecular complexity index is 1040. The Kier molecular flexibility index (Phi) is 15.1. The van der Waals surface area contributed by atoms with Crippen molar-refractivity contribution in [1.29, 1.82) is 0 Å². The maximum atomic E-state index is 14.1. The van der Waals surface area contributed by atoms with E-state index in [-0.39, 0.29) is 24.7 Å². The van der Waals surface area contributed by atoms with Crippen molar-refractivity contribution < 1.29 is 33.4 Å². The Hall–Kier alpha value is -3.47. The highest BCUT2D eigenvalue weighted by atomic mass is 32.2. The first-order chi connectivity index (χ1) is 19.2. The minimum atomic E-state index is -1.14. The van der Waals surface area contributed by atoms with Gasteiger partial charge >= 0.3 is 12.1 Å². The van der Waals surface area contributed by atoms with Crippen LogP contribution < -0.4 is 15.1 Å². The molecule has 0 radical (unpaired) electrons. The summed E-state index contributed by atoms with van der Waals surface area (Å²) < 4.78 is 16.0. The number of esters is 1. The first kappa shape index (κ1) is 35.6. The van der Waals surface area contributed by atoms with Crippen LogP contribution in [-0.4, -0.2) is 71.8 Å². The average Bonchev–Trinajstić information content (AvgIpc) is 2.90. The molecule has 0 saturated carbocycles. The number of carbonyl (C=O) groups is 4. The van der Waals surface area contributed by atoms with E-state index < -0.39 is 41.6 Å². The summed E-state index contributed by atoms with van der Waals surface area (Å²) in [7, 11) is 1.23. The summed E-state index contributed by atoms with van der Waals surface area (Å²) in [4.78, 5) is 53.6. The fourth-order valence-corrected chi connectivity index (χ4v) is 4.32. The van der Waals surface area contributed by atoms with Crippen LogP contribution in [0.15, 0.2) is 49.6 Å². The highest BCUT2D eigenvalue weighted by Crippen LogP contribution is 2.26. The molecule has 0 aliphatic rings. The van der Waals surface area contributed by atoms with Crippen LogP contribution in [0, 0.1) is 5.92 Å². The van der Waals surface area contributed by atoms with Crippen molar-refractivity contribution in [2.24, 2.45) is 5.92 Å². The van der Waals surface area contributed by atoms with E-state index in [1.165, 1.54) is 25.8 Å². The molecule has 0 bridgehead atoms. The Balaban J connectivity index is 3.69. The molecule has 0 spiro atoms. The predicted octanol–water partition coefficient (Wildman–Crippen LogP) is 5.14. The Morgan fingerprint density at radius 2 is 1.68 bits per heavy atom. The first-order valence-corrected chi connectivity index (χ1v) is 14.7. The van der Waals surface area contributed by atoms with Gasteiger partial charge in [-0.3, -0.25) is 9.59 Å². The minimum absolute atomic E-state index is 0.0788. The third-order valence-corrected chi connectivity index (χ3v) is 6.47. The lowest BCUT2D eigenvalue weighted by Crippen LogP contribution is -2.62. The highest BCUT2D eigenvalue weighted by molar-refractivity contribution is 7.99. The number of nitrogens with one attached hydrogen (secondary N) is 1. The van der Waals surface area contributed by atoms with Crippen molar-refractivity contribution in [1.82, 2.24) is 10.3 Å². The third kappa shape index (κ3) is 12.3.